The van der Waals surface area contributed by atoms with Gasteiger partial charge >= 0.3 is 0 Å². The van der Waals surface area contributed by atoms with Gasteiger partial charge in [-0.3, -0.25) is 0 Å². The predicted molar refractivity (Wildman–Crippen MR) is 113 cm³/mol. The van der Waals surface area contributed by atoms with E-state index >= 15 is 0 Å². The van der Waals surface area contributed by atoms with Crippen LogP contribution in [0.1, 0.15) is 19.3 Å². The smallest absolute Gasteiger partial charge is 0.0648 e. The quantitative estimate of drug-likeness (QED) is 0.725. The summed E-state index contributed by atoms with van der Waals surface area (Å²) in [6, 6.07) is 9.33. The molecular formula is C21H26N2S2. The predicted octanol–water partition coefficient (Wildman–Crippen LogP) is 5.15. The molecule has 25 heavy (non-hydrogen) atoms. The van der Waals surface area contributed by atoms with Crippen molar-refractivity contribution in [1.82, 2.24) is 4.90 Å². The zero-order valence-electron chi connectivity index (χ0n) is 15.0. The average molecular weight is 371 g/mol. The standard InChI is InChI=1S/C21H26N2S2/c1-22-13-6-5-7-16(22)12-14-23-18-8-3-4-9-20(18)25-21-11-10-17(24-2)15-19(21)23/h3-4,8-12,15,19,21H,5-7,13-14H2,1-2H3. The van der Waals surface area contributed by atoms with Crippen LogP contribution in [-0.4, -0.2) is 42.6 Å². The highest BCUT2D eigenvalue weighted by molar-refractivity contribution is 8.02. The van der Waals surface area contributed by atoms with E-state index in [9.17, 15) is 0 Å². The van der Waals surface area contributed by atoms with Gasteiger partial charge in [-0.2, -0.15) is 0 Å². The molecule has 0 spiro atoms. The molecule has 1 aliphatic carbocycles. The van der Waals surface area contributed by atoms with Crippen LogP contribution in [0.3, 0.4) is 0 Å². The molecular weight excluding hydrogens is 344 g/mol. The molecule has 2 aliphatic heterocycles. The third-order valence-corrected chi connectivity index (χ3v) is 7.40. The molecule has 3 aliphatic rings. The zero-order chi connectivity index (χ0) is 17.2. The largest absolute Gasteiger partial charge is 0.378 e. The van der Waals surface area contributed by atoms with Gasteiger partial charge in [-0.15, -0.1) is 23.5 Å². The van der Waals surface area contributed by atoms with Crippen LogP contribution in [0, 0.1) is 0 Å². The number of anilines is 1. The molecule has 0 saturated carbocycles. The Balaban J connectivity index is 1.65. The second-order valence-electron chi connectivity index (χ2n) is 6.90. The van der Waals surface area contributed by atoms with E-state index in [2.05, 4.69) is 71.7 Å². The Hall–Kier alpha value is -1.26. The van der Waals surface area contributed by atoms with Gasteiger partial charge in [0.05, 0.1) is 17.0 Å². The van der Waals surface area contributed by atoms with Crippen LogP contribution in [0.2, 0.25) is 0 Å². The molecule has 4 heteroatoms. The number of likely N-dealkylation sites (tertiary alicyclic amines) is 1. The Morgan fingerprint density at radius 3 is 3.00 bits per heavy atom. The van der Waals surface area contributed by atoms with Gasteiger partial charge in [-0.25, -0.2) is 0 Å². The highest BCUT2D eigenvalue weighted by atomic mass is 32.2. The van der Waals surface area contributed by atoms with Crippen molar-refractivity contribution in [1.29, 1.82) is 0 Å². The molecule has 0 aromatic heterocycles. The first kappa shape index (κ1) is 17.2. The fourth-order valence-corrected chi connectivity index (χ4v) is 5.68. The van der Waals surface area contributed by atoms with Crippen LogP contribution >= 0.6 is 23.5 Å². The van der Waals surface area contributed by atoms with Gasteiger partial charge in [0.25, 0.3) is 0 Å². The molecule has 1 aromatic carbocycles. The molecule has 0 bridgehead atoms. The molecule has 0 radical (unpaired) electrons. The molecule has 1 saturated heterocycles. The van der Waals surface area contributed by atoms with Crippen molar-refractivity contribution in [2.75, 3.05) is 31.3 Å². The molecule has 132 valence electrons. The fourth-order valence-electron chi connectivity index (χ4n) is 3.91. The van der Waals surface area contributed by atoms with E-state index < -0.39 is 0 Å². The van der Waals surface area contributed by atoms with E-state index in [4.69, 9.17) is 0 Å². The van der Waals surface area contributed by atoms with Crippen molar-refractivity contribution in [2.24, 2.45) is 0 Å². The number of hydrogen-bond donors (Lipinski definition) is 0. The number of fused-ring (bicyclic) bond motifs is 2. The van der Waals surface area contributed by atoms with Gasteiger partial charge in [0.15, 0.2) is 0 Å². The summed E-state index contributed by atoms with van der Waals surface area (Å²) < 4.78 is 0. The lowest BCUT2D eigenvalue weighted by molar-refractivity contribution is 0.343. The Labute approximate surface area is 160 Å². The maximum Gasteiger partial charge on any atom is 0.0648 e. The number of benzene rings is 1. The number of thioether (sulfide) groups is 2. The van der Waals surface area contributed by atoms with E-state index in [1.54, 1.807) is 0 Å². The molecule has 2 atom stereocenters. The van der Waals surface area contributed by atoms with Crippen LogP contribution in [-0.2, 0) is 0 Å². The Bertz CT molecular complexity index is 722. The third-order valence-electron chi connectivity index (χ3n) is 5.35. The monoisotopic (exact) mass is 370 g/mol. The molecule has 2 unspecified atom stereocenters. The van der Waals surface area contributed by atoms with Gasteiger partial charge in [0, 0.05) is 35.6 Å². The molecule has 1 fully saturated rings. The summed E-state index contributed by atoms with van der Waals surface area (Å²) in [5.74, 6) is 0. The lowest BCUT2D eigenvalue weighted by Crippen LogP contribution is -2.44. The topological polar surface area (TPSA) is 6.48 Å². The van der Waals surface area contributed by atoms with Gasteiger partial charge in [-0.05, 0) is 49.8 Å². The maximum atomic E-state index is 2.60. The molecule has 2 nitrogen and oxygen atoms in total. The summed E-state index contributed by atoms with van der Waals surface area (Å²) in [4.78, 5) is 7.83. The summed E-state index contributed by atoms with van der Waals surface area (Å²) in [7, 11) is 2.24. The molecule has 2 heterocycles. The SMILES string of the molecule is CSC1=CC2C(C=C1)Sc1ccccc1N2CC=C1CCCCN1C. The Kier molecular flexibility index (Phi) is 5.18. The maximum absolute atomic E-state index is 2.60. The van der Waals surface area contributed by atoms with Crippen molar-refractivity contribution in [3.63, 3.8) is 0 Å². The van der Waals surface area contributed by atoms with Crippen molar-refractivity contribution in [3.8, 4) is 0 Å². The van der Waals surface area contributed by atoms with E-state index in [0.717, 1.165) is 6.54 Å². The summed E-state index contributed by atoms with van der Waals surface area (Å²) >= 11 is 3.85. The third kappa shape index (κ3) is 3.52. The Morgan fingerprint density at radius 1 is 1.28 bits per heavy atom. The highest BCUT2D eigenvalue weighted by Gasteiger charge is 2.33. The first-order valence-corrected chi connectivity index (χ1v) is 11.2. The summed E-state index contributed by atoms with van der Waals surface area (Å²) in [5.41, 5.74) is 2.90. The second-order valence-corrected chi connectivity index (χ2v) is 9.00. The normalized spacial score (nSPS) is 27.1. The first-order valence-electron chi connectivity index (χ1n) is 9.13. The van der Waals surface area contributed by atoms with Crippen LogP contribution < -0.4 is 4.90 Å². The summed E-state index contributed by atoms with van der Waals surface area (Å²) in [5, 5.41) is 0.508. The first-order chi connectivity index (χ1) is 12.3. The van der Waals surface area contributed by atoms with Crippen LogP contribution in [0.25, 0.3) is 0 Å². The van der Waals surface area contributed by atoms with Gasteiger partial charge in [-0.1, -0.05) is 24.3 Å². The van der Waals surface area contributed by atoms with E-state index in [-0.39, 0.29) is 0 Å². The zero-order valence-corrected chi connectivity index (χ0v) is 16.7. The number of hydrogen-bond acceptors (Lipinski definition) is 4. The van der Waals surface area contributed by atoms with Crippen LogP contribution in [0.5, 0.6) is 0 Å². The van der Waals surface area contributed by atoms with Crippen LogP contribution in [0.15, 0.2) is 64.1 Å². The van der Waals surface area contributed by atoms with Gasteiger partial charge < -0.3 is 9.80 Å². The van der Waals surface area contributed by atoms with E-state index in [1.807, 2.05) is 23.5 Å². The Morgan fingerprint density at radius 2 is 2.16 bits per heavy atom. The van der Waals surface area contributed by atoms with E-state index in [0.29, 0.717) is 11.3 Å². The van der Waals surface area contributed by atoms with Crippen molar-refractivity contribution in [3.05, 3.63) is 59.2 Å². The van der Waals surface area contributed by atoms with Crippen molar-refractivity contribution >= 4 is 29.2 Å². The minimum Gasteiger partial charge on any atom is -0.378 e. The van der Waals surface area contributed by atoms with Gasteiger partial charge in [0.2, 0.25) is 0 Å². The second kappa shape index (κ2) is 7.55. The number of nitrogens with zero attached hydrogens (tertiary/aromatic N) is 2. The van der Waals surface area contributed by atoms with Gasteiger partial charge in [0.1, 0.15) is 0 Å². The molecule has 4 rings (SSSR count). The molecule has 0 amide bonds. The minimum absolute atomic E-state index is 0.443. The lowest BCUT2D eigenvalue weighted by Gasteiger charge is -2.42. The number of para-hydroxylation sites is 1. The number of piperidine rings is 1. The minimum atomic E-state index is 0.443. The van der Waals surface area contributed by atoms with Crippen LogP contribution in [0.4, 0.5) is 5.69 Å². The van der Waals surface area contributed by atoms with Crippen molar-refractivity contribution < 1.29 is 0 Å². The molecule has 0 N–H and O–H groups in total. The fraction of sp³-hybridized carbons (Fsp3) is 0.429. The number of rotatable bonds is 3. The van der Waals surface area contributed by atoms with E-state index in [1.165, 1.54) is 47.0 Å². The highest BCUT2D eigenvalue weighted by Crippen LogP contribution is 2.44. The molecule has 1 aromatic rings. The number of allylic oxidation sites excluding steroid dienone is 2. The lowest BCUT2D eigenvalue weighted by atomic mass is 10.0. The average Bonchev–Trinajstić information content (AvgIpc) is 2.66. The summed E-state index contributed by atoms with van der Waals surface area (Å²) in [6.45, 7) is 2.19. The van der Waals surface area contributed by atoms with Crippen molar-refractivity contribution in [2.45, 2.75) is 35.4 Å². The summed E-state index contributed by atoms with van der Waals surface area (Å²) in [6.07, 6.45) is 15.7.